The fraction of sp³-hybridized carbons (Fsp3) is 0.667. The van der Waals surface area contributed by atoms with Gasteiger partial charge < -0.3 is 4.84 Å². The predicted molar refractivity (Wildman–Crippen MR) is 28.5 cm³/mol. The van der Waals surface area contributed by atoms with Gasteiger partial charge in [-0.3, -0.25) is 4.79 Å². The summed E-state index contributed by atoms with van der Waals surface area (Å²) in [6.07, 6.45) is 0.369. The molecule has 0 radical (unpaired) electrons. The average Bonchev–Trinajstić information content (AvgIpc) is 1.68. The standard InChI is InChI=1S/C3H7NO2S/c1-2-3(5)6-4-7/h4,7H,2H2,1H3. The number of nitrogens with one attached hydrogen (secondary N) is 1. The van der Waals surface area contributed by atoms with Crippen molar-refractivity contribution in [3.05, 3.63) is 0 Å². The van der Waals surface area contributed by atoms with Crippen LogP contribution in [0.5, 0.6) is 0 Å². The molecule has 0 heterocycles. The van der Waals surface area contributed by atoms with Gasteiger partial charge in [0.25, 0.3) is 0 Å². The van der Waals surface area contributed by atoms with Crippen LogP contribution < -0.4 is 4.89 Å². The molecular formula is C3H7NO2S. The van der Waals surface area contributed by atoms with Gasteiger partial charge in [0.1, 0.15) is 0 Å². The Labute approximate surface area is 47.5 Å². The number of thiol groups is 1. The minimum Gasteiger partial charge on any atom is -0.360 e. The molecule has 0 amide bonds. The number of carbonyl (C=O) groups excluding carboxylic acids is 1. The Morgan fingerprint density at radius 2 is 2.57 bits per heavy atom. The highest BCUT2D eigenvalue weighted by Gasteiger charge is 1.92. The molecule has 0 unspecified atom stereocenters. The normalized spacial score (nSPS) is 8.29. The zero-order valence-electron chi connectivity index (χ0n) is 3.97. The lowest BCUT2D eigenvalue weighted by atomic mass is 10.5. The number of hydrogen-bond donors (Lipinski definition) is 2. The number of carbonyl (C=O) groups is 1. The zero-order valence-corrected chi connectivity index (χ0v) is 4.87. The van der Waals surface area contributed by atoms with Gasteiger partial charge in [0.2, 0.25) is 0 Å². The van der Waals surface area contributed by atoms with E-state index in [0.717, 1.165) is 0 Å². The molecule has 0 saturated carbocycles. The summed E-state index contributed by atoms with van der Waals surface area (Å²) in [5, 5.41) is 0. The molecule has 42 valence electrons. The Morgan fingerprint density at radius 1 is 2.00 bits per heavy atom. The van der Waals surface area contributed by atoms with Crippen LogP contribution in [0.2, 0.25) is 0 Å². The van der Waals surface area contributed by atoms with Crippen molar-refractivity contribution >= 4 is 18.8 Å². The van der Waals surface area contributed by atoms with Crippen LogP contribution in [0.3, 0.4) is 0 Å². The molecule has 0 spiro atoms. The highest BCUT2D eigenvalue weighted by molar-refractivity contribution is 7.77. The Bertz CT molecular complexity index is 66.0. The average molecular weight is 121 g/mol. The summed E-state index contributed by atoms with van der Waals surface area (Å²) in [4.78, 5) is 16.2. The summed E-state index contributed by atoms with van der Waals surface area (Å²) in [7, 11) is 0. The highest BCUT2D eigenvalue weighted by atomic mass is 32.1. The third kappa shape index (κ3) is 3.61. The van der Waals surface area contributed by atoms with Gasteiger partial charge in [0.15, 0.2) is 0 Å². The Morgan fingerprint density at radius 3 is 2.71 bits per heavy atom. The molecule has 0 aromatic carbocycles. The first-order valence-electron chi connectivity index (χ1n) is 1.90. The molecule has 0 saturated heterocycles. The van der Waals surface area contributed by atoms with Crippen LogP contribution in [0, 0.1) is 0 Å². The second-order valence-corrected chi connectivity index (χ2v) is 1.10. The first kappa shape index (κ1) is 6.78. The summed E-state index contributed by atoms with van der Waals surface area (Å²) < 4.78 is 0. The fourth-order valence-electron chi connectivity index (χ4n) is 0.123. The lowest BCUT2D eigenvalue weighted by Crippen LogP contribution is -2.08. The topological polar surface area (TPSA) is 38.3 Å². The van der Waals surface area contributed by atoms with E-state index in [1.54, 1.807) is 6.92 Å². The molecular weight excluding hydrogens is 114 g/mol. The van der Waals surface area contributed by atoms with Gasteiger partial charge in [0.05, 0.1) is 0 Å². The van der Waals surface area contributed by atoms with Crippen LogP contribution in [-0.2, 0) is 9.63 Å². The molecule has 0 aromatic rings. The van der Waals surface area contributed by atoms with Crippen LogP contribution in [-0.4, -0.2) is 5.97 Å². The SMILES string of the molecule is CCC(=O)ONS. The third-order valence-electron chi connectivity index (χ3n) is 0.448. The maximum Gasteiger partial charge on any atom is 0.325 e. The second-order valence-electron chi connectivity index (χ2n) is 0.919. The van der Waals surface area contributed by atoms with Crippen LogP contribution in [0.4, 0.5) is 0 Å². The molecule has 4 heteroatoms. The number of hydrogen-bond acceptors (Lipinski definition) is 4. The fourth-order valence-corrected chi connectivity index (χ4v) is 0.225. The monoisotopic (exact) mass is 121 g/mol. The third-order valence-corrected chi connectivity index (χ3v) is 0.539. The Balaban J connectivity index is 3.00. The maximum atomic E-state index is 10.1. The summed E-state index contributed by atoms with van der Waals surface area (Å²) >= 11 is 3.42. The van der Waals surface area contributed by atoms with E-state index in [1.807, 2.05) is 4.89 Å². The molecule has 1 N–H and O–H groups in total. The summed E-state index contributed by atoms with van der Waals surface area (Å²) in [5.41, 5.74) is 0. The van der Waals surface area contributed by atoms with Gasteiger partial charge >= 0.3 is 5.97 Å². The van der Waals surface area contributed by atoms with Crippen molar-refractivity contribution in [3.63, 3.8) is 0 Å². The Kier molecular flexibility index (Phi) is 3.83. The molecule has 3 nitrogen and oxygen atoms in total. The summed E-state index contributed by atoms with van der Waals surface area (Å²) in [6, 6.07) is 0. The van der Waals surface area contributed by atoms with Gasteiger partial charge in [-0.05, 0) is 0 Å². The minimum absolute atomic E-state index is 0.310. The van der Waals surface area contributed by atoms with Crippen molar-refractivity contribution in [2.45, 2.75) is 13.3 Å². The quantitative estimate of drug-likeness (QED) is 0.407. The lowest BCUT2D eigenvalue weighted by molar-refractivity contribution is -0.146. The molecule has 0 aliphatic heterocycles. The van der Waals surface area contributed by atoms with Crippen molar-refractivity contribution in [1.82, 2.24) is 4.89 Å². The van der Waals surface area contributed by atoms with Gasteiger partial charge in [-0.2, -0.15) is 0 Å². The van der Waals surface area contributed by atoms with E-state index < -0.39 is 0 Å². The van der Waals surface area contributed by atoms with Gasteiger partial charge in [-0.15, -0.1) is 0 Å². The van der Waals surface area contributed by atoms with E-state index in [9.17, 15) is 4.79 Å². The molecule has 0 aliphatic rings. The highest BCUT2D eigenvalue weighted by Crippen LogP contribution is 1.78. The molecule has 0 aromatic heterocycles. The van der Waals surface area contributed by atoms with Gasteiger partial charge in [-0.1, -0.05) is 24.6 Å². The number of rotatable bonds is 2. The van der Waals surface area contributed by atoms with Crippen LogP contribution in [0.25, 0.3) is 0 Å². The van der Waals surface area contributed by atoms with E-state index in [4.69, 9.17) is 0 Å². The predicted octanol–water partition coefficient (Wildman–Crippen LogP) is 0.289. The first-order chi connectivity index (χ1) is 3.31. The van der Waals surface area contributed by atoms with E-state index in [-0.39, 0.29) is 5.97 Å². The Hall–Kier alpha value is -0.220. The summed E-state index contributed by atoms with van der Waals surface area (Å²) in [5.74, 6) is -0.310. The minimum atomic E-state index is -0.310. The van der Waals surface area contributed by atoms with Crippen LogP contribution in [0.1, 0.15) is 13.3 Å². The van der Waals surface area contributed by atoms with E-state index in [2.05, 4.69) is 17.7 Å². The van der Waals surface area contributed by atoms with Crippen molar-refractivity contribution in [3.8, 4) is 0 Å². The molecule has 0 aliphatic carbocycles. The zero-order chi connectivity index (χ0) is 5.70. The molecule has 0 fully saturated rings. The van der Waals surface area contributed by atoms with Crippen LogP contribution in [0.15, 0.2) is 0 Å². The van der Waals surface area contributed by atoms with E-state index >= 15 is 0 Å². The van der Waals surface area contributed by atoms with Crippen molar-refractivity contribution in [2.75, 3.05) is 0 Å². The van der Waals surface area contributed by atoms with Crippen molar-refractivity contribution in [1.29, 1.82) is 0 Å². The van der Waals surface area contributed by atoms with Crippen molar-refractivity contribution in [2.24, 2.45) is 0 Å². The molecule has 7 heavy (non-hydrogen) atoms. The van der Waals surface area contributed by atoms with Gasteiger partial charge in [-0.25, -0.2) is 0 Å². The lowest BCUT2D eigenvalue weighted by Gasteiger charge is -1.93. The maximum absolute atomic E-state index is 10.1. The second kappa shape index (κ2) is 3.95. The summed E-state index contributed by atoms with van der Waals surface area (Å²) in [6.45, 7) is 1.70. The smallest absolute Gasteiger partial charge is 0.325 e. The molecule has 0 atom stereocenters. The molecule has 0 rings (SSSR count). The van der Waals surface area contributed by atoms with E-state index in [0.29, 0.717) is 6.42 Å². The molecule has 0 bridgehead atoms. The first-order valence-corrected chi connectivity index (χ1v) is 2.34. The largest absolute Gasteiger partial charge is 0.360 e. The van der Waals surface area contributed by atoms with Crippen LogP contribution >= 0.6 is 12.8 Å². The van der Waals surface area contributed by atoms with E-state index in [1.165, 1.54) is 0 Å². The van der Waals surface area contributed by atoms with Gasteiger partial charge in [0, 0.05) is 6.42 Å². The van der Waals surface area contributed by atoms with Crippen molar-refractivity contribution < 1.29 is 9.63 Å².